The van der Waals surface area contributed by atoms with Crippen LogP contribution in [0.1, 0.15) is 33.6 Å². The fourth-order valence-electron chi connectivity index (χ4n) is 2.98. The van der Waals surface area contributed by atoms with Crippen molar-refractivity contribution in [3.8, 4) is 0 Å². The molecule has 1 aliphatic rings. The van der Waals surface area contributed by atoms with Crippen molar-refractivity contribution in [1.82, 2.24) is 14.8 Å². The summed E-state index contributed by atoms with van der Waals surface area (Å²) in [5.41, 5.74) is 0.250. The van der Waals surface area contributed by atoms with Crippen molar-refractivity contribution in [2.75, 3.05) is 19.6 Å². The average molecular weight is 277 g/mol. The highest BCUT2D eigenvalue weighted by Crippen LogP contribution is 2.18. The van der Waals surface area contributed by atoms with Crippen molar-refractivity contribution < 1.29 is 0 Å². The van der Waals surface area contributed by atoms with Crippen LogP contribution in [-0.4, -0.2) is 40.7 Å². The third-order valence-corrected chi connectivity index (χ3v) is 4.08. The molecule has 0 bridgehead atoms. The molecule has 2 rings (SSSR count). The number of piperazine rings is 1. The van der Waals surface area contributed by atoms with Gasteiger partial charge in [0, 0.05) is 50.0 Å². The molecule has 1 aromatic heterocycles. The summed E-state index contributed by atoms with van der Waals surface area (Å²) < 4.78 is 1.80. The highest BCUT2D eigenvalue weighted by molar-refractivity contribution is 4.95. The summed E-state index contributed by atoms with van der Waals surface area (Å²) in [6, 6.07) is 5.94. The summed E-state index contributed by atoms with van der Waals surface area (Å²) in [6.45, 7) is 10.5. The van der Waals surface area contributed by atoms with Gasteiger partial charge in [0.15, 0.2) is 0 Å². The largest absolute Gasteiger partial charge is 0.314 e. The molecule has 1 aromatic rings. The zero-order chi connectivity index (χ0) is 14.6. The van der Waals surface area contributed by atoms with Crippen LogP contribution in [0.3, 0.4) is 0 Å². The molecular formula is C16H27N3O. The molecule has 0 aromatic carbocycles. The molecule has 0 radical (unpaired) electrons. The Labute approximate surface area is 121 Å². The van der Waals surface area contributed by atoms with E-state index in [1.165, 1.54) is 12.8 Å². The summed E-state index contributed by atoms with van der Waals surface area (Å²) in [5.74, 6) is 0. The standard InChI is InChI=1S/C16H27N3O/c1-4-7-14-12-17-16(2,3)13-19(14)11-10-18-9-6-5-8-15(18)20/h5-6,8-9,14,17H,4,7,10-13H2,1-3H3. The second-order valence-electron chi connectivity index (χ2n) is 6.41. The molecule has 20 heavy (non-hydrogen) atoms. The lowest BCUT2D eigenvalue weighted by atomic mass is 9.96. The summed E-state index contributed by atoms with van der Waals surface area (Å²) in [4.78, 5) is 14.3. The normalized spacial score (nSPS) is 22.9. The number of nitrogens with zero attached hydrogens (tertiary/aromatic N) is 2. The molecule has 0 spiro atoms. The van der Waals surface area contributed by atoms with Gasteiger partial charge >= 0.3 is 0 Å². The van der Waals surface area contributed by atoms with E-state index in [9.17, 15) is 4.79 Å². The van der Waals surface area contributed by atoms with Crippen molar-refractivity contribution in [1.29, 1.82) is 0 Å². The van der Waals surface area contributed by atoms with Crippen molar-refractivity contribution in [2.24, 2.45) is 0 Å². The first-order valence-electron chi connectivity index (χ1n) is 7.66. The predicted octanol–water partition coefficient (Wildman–Crippen LogP) is 1.70. The smallest absolute Gasteiger partial charge is 0.250 e. The molecule has 1 saturated heterocycles. The second kappa shape index (κ2) is 6.55. The zero-order valence-corrected chi connectivity index (χ0v) is 12.9. The lowest BCUT2D eigenvalue weighted by Crippen LogP contribution is -2.62. The zero-order valence-electron chi connectivity index (χ0n) is 12.9. The minimum absolute atomic E-state index is 0.0916. The molecular weight excluding hydrogens is 250 g/mol. The van der Waals surface area contributed by atoms with Crippen molar-refractivity contribution in [3.63, 3.8) is 0 Å². The average Bonchev–Trinajstić information content (AvgIpc) is 2.40. The van der Waals surface area contributed by atoms with Crippen molar-refractivity contribution in [2.45, 2.75) is 51.7 Å². The molecule has 1 N–H and O–H groups in total. The van der Waals surface area contributed by atoms with Gasteiger partial charge in [0.1, 0.15) is 0 Å². The topological polar surface area (TPSA) is 37.3 Å². The van der Waals surface area contributed by atoms with Gasteiger partial charge in [-0.15, -0.1) is 0 Å². The maximum Gasteiger partial charge on any atom is 0.250 e. The monoisotopic (exact) mass is 277 g/mol. The minimum atomic E-state index is 0.0916. The van der Waals surface area contributed by atoms with E-state index < -0.39 is 0 Å². The number of rotatable bonds is 5. The van der Waals surface area contributed by atoms with E-state index >= 15 is 0 Å². The van der Waals surface area contributed by atoms with E-state index in [2.05, 4.69) is 31.0 Å². The van der Waals surface area contributed by atoms with E-state index in [0.29, 0.717) is 6.04 Å². The first kappa shape index (κ1) is 15.3. The van der Waals surface area contributed by atoms with Crippen LogP contribution < -0.4 is 10.9 Å². The Hall–Kier alpha value is -1.13. The Kier molecular flexibility index (Phi) is 5.00. The summed E-state index contributed by atoms with van der Waals surface area (Å²) in [7, 11) is 0. The number of pyridine rings is 1. The maximum absolute atomic E-state index is 11.8. The van der Waals surface area contributed by atoms with Crippen LogP contribution in [0.15, 0.2) is 29.2 Å². The second-order valence-corrected chi connectivity index (χ2v) is 6.41. The Morgan fingerprint density at radius 2 is 2.15 bits per heavy atom. The third kappa shape index (κ3) is 3.93. The molecule has 4 nitrogen and oxygen atoms in total. The van der Waals surface area contributed by atoms with Crippen molar-refractivity contribution in [3.05, 3.63) is 34.7 Å². The predicted molar refractivity (Wildman–Crippen MR) is 83.1 cm³/mol. The van der Waals surface area contributed by atoms with Crippen LogP contribution in [0.25, 0.3) is 0 Å². The first-order chi connectivity index (χ1) is 9.52. The molecule has 4 heteroatoms. The Bertz CT molecular complexity index is 481. The van der Waals surface area contributed by atoms with Crippen LogP contribution in [0.4, 0.5) is 0 Å². The summed E-state index contributed by atoms with van der Waals surface area (Å²) in [6.07, 6.45) is 4.30. The number of nitrogens with one attached hydrogen (secondary N) is 1. The molecule has 0 saturated carbocycles. The Morgan fingerprint density at radius 1 is 1.35 bits per heavy atom. The highest BCUT2D eigenvalue weighted by atomic mass is 16.1. The molecule has 1 unspecified atom stereocenters. The fourth-order valence-corrected chi connectivity index (χ4v) is 2.98. The SMILES string of the molecule is CCCC1CNC(C)(C)CN1CCn1ccccc1=O. The van der Waals surface area contributed by atoms with E-state index in [-0.39, 0.29) is 11.1 Å². The van der Waals surface area contributed by atoms with Gasteiger partial charge in [-0.2, -0.15) is 0 Å². The third-order valence-electron chi connectivity index (χ3n) is 4.08. The van der Waals surface area contributed by atoms with Gasteiger partial charge in [0.05, 0.1) is 0 Å². The quantitative estimate of drug-likeness (QED) is 0.890. The van der Waals surface area contributed by atoms with Crippen LogP contribution in [0.5, 0.6) is 0 Å². The van der Waals surface area contributed by atoms with Crippen LogP contribution in [-0.2, 0) is 6.54 Å². The molecule has 2 heterocycles. The molecule has 0 amide bonds. The Morgan fingerprint density at radius 3 is 2.85 bits per heavy atom. The van der Waals surface area contributed by atoms with Crippen LogP contribution in [0.2, 0.25) is 0 Å². The van der Waals surface area contributed by atoms with E-state index in [1.54, 1.807) is 16.7 Å². The van der Waals surface area contributed by atoms with E-state index in [0.717, 1.165) is 26.2 Å². The first-order valence-corrected chi connectivity index (χ1v) is 7.66. The number of aromatic nitrogens is 1. The van der Waals surface area contributed by atoms with Crippen LogP contribution in [0, 0.1) is 0 Å². The number of hydrogen-bond donors (Lipinski definition) is 1. The molecule has 1 fully saturated rings. The van der Waals surface area contributed by atoms with Crippen LogP contribution >= 0.6 is 0 Å². The van der Waals surface area contributed by atoms with Gasteiger partial charge in [-0.1, -0.05) is 19.4 Å². The molecule has 112 valence electrons. The van der Waals surface area contributed by atoms with Gasteiger partial charge in [0.25, 0.3) is 5.56 Å². The van der Waals surface area contributed by atoms with Gasteiger partial charge in [-0.3, -0.25) is 9.69 Å². The van der Waals surface area contributed by atoms with Crippen molar-refractivity contribution >= 4 is 0 Å². The summed E-state index contributed by atoms with van der Waals surface area (Å²) in [5, 5.41) is 3.62. The lowest BCUT2D eigenvalue weighted by molar-refractivity contribution is 0.0858. The lowest BCUT2D eigenvalue weighted by Gasteiger charge is -2.44. The maximum atomic E-state index is 11.8. The highest BCUT2D eigenvalue weighted by Gasteiger charge is 2.31. The minimum Gasteiger partial charge on any atom is -0.314 e. The van der Waals surface area contributed by atoms with Gasteiger partial charge in [0.2, 0.25) is 0 Å². The van der Waals surface area contributed by atoms with E-state index in [1.807, 2.05) is 12.3 Å². The fraction of sp³-hybridized carbons (Fsp3) is 0.688. The van der Waals surface area contributed by atoms with E-state index in [4.69, 9.17) is 0 Å². The molecule has 0 aliphatic carbocycles. The van der Waals surface area contributed by atoms with Gasteiger partial charge in [-0.25, -0.2) is 0 Å². The molecule has 1 atom stereocenters. The Balaban J connectivity index is 2.00. The summed E-state index contributed by atoms with van der Waals surface area (Å²) >= 11 is 0. The van der Waals surface area contributed by atoms with Gasteiger partial charge in [-0.05, 0) is 26.3 Å². The number of hydrogen-bond acceptors (Lipinski definition) is 3. The molecule has 1 aliphatic heterocycles. The van der Waals surface area contributed by atoms with Gasteiger partial charge < -0.3 is 9.88 Å².